The minimum atomic E-state index is -0.239. The second-order valence-corrected chi connectivity index (χ2v) is 6.32. The number of halogens is 3. The standard InChI is InChI=1S/C15H12BrFINO/c16-13-6-5-11(18)9-12(13)15(20)19-8-7-10-3-1-2-4-14(10)17/h1-6,9H,7-8H2,(H,19,20). The zero-order valence-electron chi connectivity index (χ0n) is 10.5. The van der Waals surface area contributed by atoms with Gasteiger partial charge in [-0.15, -0.1) is 0 Å². The summed E-state index contributed by atoms with van der Waals surface area (Å²) in [6.45, 7) is 0.400. The Morgan fingerprint density at radius 1 is 1.25 bits per heavy atom. The molecule has 0 saturated carbocycles. The summed E-state index contributed by atoms with van der Waals surface area (Å²) in [5, 5.41) is 2.80. The Kier molecular flexibility index (Phi) is 5.54. The molecule has 0 spiro atoms. The van der Waals surface area contributed by atoms with Crippen LogP contribution in [0.1, 0.15) is 15.9 Å². The normalized spacial score (nSPS) is 10.3. The van der Waals surface area contributed by atoms with Crippen molar-refractivity contribution in [1.29, 1.82) is 0 Å². The van der Waals surface area contributed by atoms with Crippen molar-refractivity contribution in [1.82, 2.24) is 5.32 Å². The Hall–Kier alpha value is -0.950. The molecule has 20 heavy (non-hydrogen) atoms. The Morgan fingerprint density at radius 2 is 2.00 bits per heavy atom. The monoisotopic (exact) mass is 447 g/mol. The van der Waals surface area contributed by atoms with Crippen LogP contribution in [-0.2, 0) is 6.42 Å². The maximum atomic E-state index is 13.4. The molecule has 0 fully saturated rings. The minimum Gasteiger partial charge on any atom is -0.352 e. The molecule has 0 aliphatic carbocycles. The van der Waals surface area contributed by atoms with E-state index in [1.807, 2.05) is 18.2 Å². The Balaban J connectivity index is 1.96. The maximum absolute atomic E-state index is 13.4. The lowest BCUT2D eigenvalue weighted by atomic mass is 10.1. The van der Waals surface area contributed by atoms with Gasteiger partial charge in [0.25, 0.3) is 5.91 Å². The summed E-state index contributed by atoms with van der Waals surface area (Å²) in [5.74, 6) is -0.399. The van der Waals surface area contributed by atoms with Gasteiger partial charge in [0.1, 0.15) is 5.82 Å². The van der Waals surface area contributed by atoms with Crippen LogP contribution in [0.5, 0.6) is 0 Å². The van der Waals surface area contributed by atoms with Crippen LogP contribution >= 0.6 is 38.5 Å². The van der Waals surface area contributed by atoms with Crippen LogP contribution in [0, 0.1) is 9.39 Å². The summed E-state index contributed by atoms with van der Waals surface area (Å²) < 4.78 is 15.2. The molecule has 0 bridgehead atoms. The fourth-order valence-electron chi connectivity index (χ4n) is 1.78. The second kappa shape index (κ2) is 7.17. The van der Waals surface area contributed by atoms with Crippen molar-refractivity contribution in [2.24, 2.45) is 0 Å². The third-order valence-corrected chi connectivity index (χ3v) is 4.17. The average Bonchev–Trinajstić information content (AvgIpc) is 2.43. The number of carbonyl (C=O) groups is 1. The number of rotatable bonds is 4. The van der Waals surface area contributed by atoms with Crippen molar-refractivity contribution < 1.29 is 9.18 Å². The summed E-state index contributed by atoms with van der Waals surface area (Å²) in [6, 6.07) is 12.2. The highest BCUT2D eigenvalue weighted by Gasteiger charge is 2.10. The van der Waals surface area contributed by atoms with Gasteiger partial charge in [-0.1, -0.05) is 18.2 Å². The molecular weight excluding hydrogens is 436 g/mol. The van der Waals surface area contributed by atoms with E-state index in [-0.39, 0.29) is 11.7 Å². The first-order valence-electron chi connectivity index (χ1n) is 6.04. The molecule has 0 aromatic heterocycles. The molecule has 5 heteroatoms. The van der Waals surface area contributed by atoms with Crippen molar-refractivity contribution in [3.05, 3.63) is 67.5 Å². The summed E-state index contributed by atoms with van der Waals surface area (Å²) in [6.07, 6.45) is 0.472. The van der Waals surface area contributed by atoms with Gasteiger partial charge in [0, 0.05) is 14.6 Å². The summed E-state index contributed by atoms with van der Waals surface area (Å²) in [7, 11) is 0. The van der Waals surface area contributed by atoms with Crippen molar-refractivity contribution in [2.75, 3.05) is 6.54 Å². The van der Waals surface area contributed by atoms with Gasteiger partial charge in [-0.25, -0.2) is 4.39 Å². The van der Waals surface area contributed by atoms with E-state index in [9.17, 15) is 9.18 Å². The van der Waals surface area contributed by atoms with Crippen LogP contribution in [0.25, 0.3) is 0 Å². The van der Waals surface area contributed by atoms with Crippen molar-refractivity contribution in [2.45, 2.75) is 6.42 Å². The summed E-state index contributed by atoms with van der Waals surface area (Å²) in [5.41, 5.74) is 1.19. The first-order chi connectivity index (χ1) is 9.58. The van der Waals surface area contributed by atoms with Gasteiger partial charge >= 0.3 is 0 Å². The average molecular weight is 448 g/mol. The molecule has 0 saturated heterocycles. The highest BCUT2D eigenvalue weighted by molar-refractivity contribution is 14.1. The molecule has 0 unspecified atom stereocenters. The SMILES string of the molecule is O=C(NCCc1ccccc1F)c1cc(I)ccc1Br. The highest BCUT2D eigenvalue weighted by Crippen LogP contribution is 2.19. The van der Waals surface area contributed by atoms with Crippen molar-refractivity contribution in [3.8, 4) is 0 Å². The fourth-order valence-corrected chi connectivity index (χ4v) is 2.70. The van der Waals surface area contributed by atoms with Crippen LogP contribution < -0.4 is 5.32 Å². The third-order valence-electron chi connectivity index (χ3n) is 2.81. The van der Waals surface area contributed by atoms with E-state index in [0.717, 1.165) is 8.04 Å². The molecular formula is C15H12BrFINO. The van der Waals surface area contributed by atoms with Gasteiger partial charge in [-0.3, -0.25) is 4.79 Å². The Bertz CT molecular complexity index is 633. The van der Waals surface area contributed by atoms with Gasteiger partial charge in [0.15, 0.2) is 0 Å². The number of hydrogen-bond donors (Lipinski definition) is 1. The largest absolute Gasteiger partial charge is 0.352 e. The predicted molar refractivity (Wildman–Crippen MR) is 89.3 cm³/mol. The first-order valence-corrected chi connectivity index (χ1v) is 7.92. The number of hydrogen-bond acceptors (Lipinski definition) is 1. The van der Waals surface area contributed by atoms with Crippen molar-refractivity contribution >= 4 is 44.4 Å². The lowest BCUT2D eigenvalue weighted by Gasteiger charge is -2.08. The third kappa shape index (κ3) is 4.02. The zero-order valence-corrected chi connectivity index (χ0v) is 14.2. The van der Waals surface area contributed by atoms with Crippen LogP contribution in [0.15, 0.2) is 46.9 Å². The van der Waals surface area contributed by atoms with Crippen LogP contribution in [0.3, 0.4) is 0 Å². The van der Waals surface area contributed by atoms with E-state index in [1.54, 1.807) is 18.2 Å². The molecule has 2 rings (SSSR count). The maximum Gasteiger partial charge on any atom is 0.252 e. The molecule has 0 aliphatic rings. The second-order valence-electron chi connectivity index (χ2n) is 4.22. The Morgan fingerprint density at radius 3 is 2.75 bits per heavy atom. The van der Waals surface area contributed by atoms with Gasteiger partial charge in [-0.2, -0.15) is 0 Å². The van der Waals surface area contributed by atoms with Crippen LogP contribution in [0.4, 0.5) is 4.39 Å². The zero-order chi connectivity index (χ0) is 14.5. The van der Waals surface area contributed by atoms with E-state index in [4.69, 9.17) is 0 Å². The molecule has 0 atom stereocenters. The number of amides is 1. The van der Waals surface area contributed by atoms with E-state index in [1.165, 1.54) is 6.07 Å². The number of nitrogens with one attached hydrogen (secondary N) is 1. The van der Waals surface area contributed by atoms with Gasteiger partial charge < -0.3 is 5.32 Å². The molecule has 0 aliphatic heterocycles. The summed E-state index contributed by atoms with van der Waals surface area (Å²) >= 11 is 5.51. The van der Waals surface area contributed by atoms with Gasteiger partial charge in [-0.05, 0) is 74.8 Å². The topological polar surface area (TPSA) is 29.1 Å². The molecule has 2 nitrogen and oxygen atoms in total. The molecule has 1 N–H and O–H groups in total. The molecule has 104 valence electrons. The molecule has 0 radical (unpaired) electrons. The fraction of sp³-hybridized carbons (Fsp3) is 0.133. The number of benzene rings is 2. The number of carbonyl (C=O) groups excluding carboxylic acids is 1. The van der Waals surface area contributed by atoms with E-state index in [0.29, 0.717) is 24.1 Å². The minimum absolute atomic E-state index is 0.160. The van der Waals surface area contributed by atoms with Crippen LogP contribution in [-0.4, -0.2) is 12.5 Å². The van der Waals surface area contributed by atoms with E-state index >= 15 is 0 Å². The lowest BCUT2D eigenvalue weighted by molar-refractivity contribution is 0.0953. The quantitative estimate of drug-likeness (QED) is 0.700. The first kappa shape index (κ1) is 15.4. The van der Waals surface area contributed by atoms with E-state index < -0.39 is 0 Å². The molecule has 1 amide bonds. The Labute approximate surface area is 139 Å². The smallest absolute Gasteiger partial charge is 0.252 e. The summed E-state index contributed by atoms with van der Waals surface area (Å²) in [4.78, 5) is 12.1. The van der Waals surface area contributed by atoms with E-state index in [2.05, 4.69) is 43.8 Å². The highest BCUT2D eigenvalue weighted by atomic mass is 127. The lowest BCUT2D eigenvalue weighted by Crippen LogP contribution is -2.26. The van der Waals surface area contributed by atoms with Crippen LogP contribution in [0.2, 0.25) is 0 Å². The molecule has 2 aromatic rings. The molecule has 2 aromatic carbocycles. The van der Waals surface area contributed by atoms with Gasteiger partial charge in [0.05, 0.1) is 5.56 Å². The molecule has 0 heterocycles. The predicted octanol–water partition coefficient (Wildman–Crippen LogP) is 4.17. The van der Waals surface area contributed by atoms with Gasteiger partial charge in [0.2, 0.25) is 0 Å². The van der Waals surface area contributed by atoms with Crippen molar-refractivity contribution in [3.63, 3.8) is 0 Å².